The molecule has 148 valence electrons. The van der Waals surface area contributed by atoms with Crippen LogP contribution in [0.1, 0.15) is 44.5 Å². The molecule has 2 aromatic rings. The highest BCUT2D eigenvalue weighted by molar-refractivity contribution is 6.34. The van der Waals surface area contributed by atoms with Crippen LogP contribution >= 0.6 is 11.6 Å². The fourth-order valence-corrected chi connectivity index (χ4v) is 2.36. The highest BCUT2D eigenvalue weighted by Gasteiger charge is 2.21. The number of amides is 3. The predicted octanol–water partition coefficient (Wildman–Crippen LogP) is 4.93. The van der Waals surface area contributed by atoms with E-state index in [-0.39, 0.29) is 17.7 Å². The Balaban J connectivity index is 2.17. The average molecular weight is 402 g/mol. The van der Waals surface area contributed by atoms with E-state index in [2.05, 4.69) is 16.0 Å². The number of carbonyl (C=O) groups is 3. The van der Waals surface area contributed by atoms with Crippen molar-refractivity contribution in [3.05, 3.63) is 53.1 Å². The predicted molar refractivity (Wildman–Crippen MR) is 113 cm³/mol. The molecular formula is C21H24ClN3O3. The molecule has 3 N–H and O–H groups in total. The van der Waals surface area contributed by atoms with Crippen LogP contribution in [-0.2, 0) is 9.59 Å². The summed E-state index contributed by atoms with van der Waals surface area (Å²) in [5.41, 5.74) is 1.27. The molecule has 0 spiro atoms. The number of hydrogen-bond acceptors (Lipinski definition) is 3. The summed E-state index contributed by atoms with van der Waals surface area (Å²) >= 11 is 6.16. The maximum absolute atomic E-state index is 12.6. The molecule has 2 rings (SSSR count). The summed E-state index contributed by atoms with van der Waals surface area (Å²) in [7, 11) is 0. The Labute approximate surface area is 169 Å². The van der Waals surface area contributed by atoms with Crippen molar-refractivity contribution in [2.24, 2.45) is 5.41 Å². The fourth-order valence-electron chi connectivity index (χ4n) is 2.20. The molecule has 0 aliphatic heterocycles. The van der Waals surface area contributed by atoms with Crippen molar-refractivity contribution in [2.75, 3.05) is 16.0 Å². The van der Waals surface area contributed by atoms with Gasteiger partial charge in [0.1, 0.15) is 0 Å². The van der Waals surface area contributed by atoms with Crippen LogP contribution in [0.15, 0.2) is 42.5 Å². The van der Waals surface area contributed by atoms with Crippen molar-refractivity contribution < 1.29 is 14.4 Å². The number of halogens is 1. The van der Waals surface area contributed by atoms with Crippen molar-refractivity contribution >= 4 is 46.4 Å². The van der Waals surface area contributed by atoms with Crippen LogP contribution in [0.25, 0.3) is 0 Å². The minimum atomic E-state index is -0.546. The third-order valence-electron chi connectivity index (χ3n) is 3.88. The highest BCUT2D eigenvalue weighted by atomic mass is 35.5. The van der Waals surface area contributed by atoms with Crippen LogP contribution in [0.4, 0.5) is 17.1 Å². The van der Waals surface area contributed by atoms with E-state index in [0.29, 0.717) is 34.1 Å². The summed E-state index contributed by atoms with van der Waals surface area (Å²) < 4.78 is 0. The van der Waals surface area contributed by atoms with Crippen LogP contribution in [0.5, 0.6) is 0 Å². The lowest BCUT2D eigenvalue weighted by Gasteiger charge is -2.18. The van der Waals surface area contributed by atoms with Gasteiger partial charge in [0.05, 0.1) is 10.7 Å². The summed E-state index contributed by atoms with van der Waals surface area (Å²) in [5, 5.41) is 8.60. The quantitative estimate of drug-likeness (QED) is 0.664. The van der Waals surface area contributed by atoms with Gasteiger partial charge in [0.15, 0.2) is 0 Å². The summed E-state index contributed by atoms with van der Waals surface area (Å²) in [4.78, 5) is 36.3. The van der Waals surface area contributed by atoms with Crippen LogP contribution in [-0.4, -0.2) is 17.7 Å². The summed E-state index contributed by atoms with van der Waals surface area (Å²) in [5.74, 6) is -0.665. The Kier molecular flexibility index (Phi) is 6.80. The highest BCUT2D eigenvalue weighted by Crippen LogP contribution is 2.26. The van der Waals surface area contributed by atoms with E-state index in [0.717, 1.165) is 0 Å². The maximum atomic E-state index is 12.6. The van der Waals surface area contributed by atoms with Crippen LogP contribution in [0.2, 0.25) is 5.02 Å². The van der Waals surface area contributed by atoms with Gasteiger partial charge in [-0.15, -0.1) is 0 Å². The zero-order valence-corrected chi connectivity index (χ0v) is 17.1. The SMILES string of the molecule is CCC(=O)Nc1ccc(Cl)c(NC(=O)c2cccc(NC(=O)C(C)(C)C)c2)c1. The molecular weight excluding hydrogens is 378 g/mol. The molecule has 0 heterocycles. The van der Waals surface area contributed by atoms with Gasteiger partial charge in [-0.2, -0.15) is 0 Å². The van der Waals surface area contributed by atoms with Gasteiger partial charge in [-0.1, -0.05) is 45.4 Å². The lowest BCUT2D eigenvalue weighted by atomic mass is 9.95. The van der Waals surface area contributed by atoms with Gasteiger partial charge in [0.25, 0.3) is 5.91 Å². The molecule has 0 atom stereocenters. The summed E-state index contributed by atoms with van der Waals surface area (Å²) in [6, 6.07) is 11.5. The zero-order valence-electron chi connectivity index (χ0n) is 16.4. The Morgan fingerprint density at radius 1 is 0.929 bits per heavy atom. The van der Waals surface area contributed by atoms with Gasteiger partial charge < -0.3 is 16.0 Å². The van der Waals surface area contributed by atoms with Crippen molar-refractivity contribution in [1.29, 1.82) is 0 Å². The molecule has 0 aliphatic rings. The Morgan fingerprint density at radius 3 is 2.25 bits per heavy atom. The molecule has 7 heteroatoms. The lowest BCUT2D eigenvalue weighted by molar-refractivity contribution is -0.123. The van der Waals surface area contributed by atoms with Gasteiger partial charge in [-0.3, -0.25) is 14.4 Å². The van der Waals surface area contributed by atoms with Gasteiger partial charge in [-0.05, 0) is 36.4 Å². The molecule has 0 aromatic heterocycles. The van der Waals surface area contributed by atoms with Gasteiger partial charge >= 0.3 is 0 Å². The summed E-state index contributed by atoms with van der Waals surface area (Å²) in [6.07, 6.45) is 0.345. The molecule has 0 aliphatic carbocycles. The molecule has 0 saturated heterocycles. The van der Waals surface area contributed by atoms with Gasteiger partial charge in [0, 0.05) is 28.8 Å². The number of carbonyl (C=O) groups excluding carboxylic acids is 3. The van der Waals surface area contributed by atoms with Gasteiger partial charge in [0.2, 0.25) is 11.8 Å². The molecule has 0 saturated carbocycles. The van der Waals surface area contributed by atoms with Crippen molar-refractivity contribution in [2.45, 2.75) is 34.1 Å². The first-order chi connectivity index (χ1) is 13.1. The number of hydrogen-bond donors (Lipinski definition) is 3. The third-order valence-corrected chi connectivity index (χ3v) is 4.21. The van der Waals surface area contributed by atoms with E-state index in [1.165, 1.54) is 0 Å². The monoisotopic (exact) mass is 401 g/mol. The molecule has 3 amide bonds. The smallest absolute Gasteiger partial charge is 0.255 e. The first-order valence-corrected chi connectivity index (χ1v) is 9.30. The van der Waals surface area contributed by atoms with E-state index in [1.807, 2.05) is 20.8 Å². The maximum Gasteiger partial charge on any atom is 0.255 e. The van der Waals surface area contributed by atoms with Crippen LogP contribution in [0, 0.1) is 5.41 Å². The second-order valence-electron chi connectivity index (χ2n) is 7.34. The molecule has 6 nitrogen and oxygen atoms in total. The van der Waals surface area contributed by atoms with Gasteiger partial charge in [-0.25, -0.2) is 0 Å². The van der Waals surface area contributed by atoms with Crippen LogP contribution in [0.3, 0.4) is 0 Å². The first kappa shape index (κ1) is 21.4. The second-order valence-corrected chi connectivity index (χ2v) is 7.74. The first-order valence-electron chi connectivity index (χ1n) is 8.92. The molecule has 0 fully saturated rings. The minimum absolute atomic E-state index is 0.137. The Bertz CT molecular complexity index is 904. The van der Waals surface area contributed by atoms with Crippen LogP contribution < -0.4 is 16.0 Å². The lowest BCUT2D eigenvalue weighted by Crippen LogP contribution is -2.27. The van der Waals surface area contributed by atoms with Crippen molar-refractivity contribution in [3.8, 4) is 0 Å². The average Bonchev–Trinajstić information content (AvgIpc) is 2.63. The molecule has 28 heavy (non-hydrogen) atoms. The summed E-state index contributed by atoms with van der Waals surface area (Å²) in [6.45, 7) is 7.18. The Morgan fingerprint density at radius 2 is 1.61 bits per heavy atom. The normalized spacial score (nSPS) is 10.9. The van der Waals surface area contributed by atoms with E-state index < -0.39 is 5.41 Å². The Hall–Kier alpha value is -2.86. The van der Waals surface area contributed by atoms with E-state index in [4.69, 9.17) is 11.6 Å². The number of nitrogens with one attached hydrogen (secondary N) is 3. The molecule has 0 radical (unpaired) electrons. The van der Waals surface area contributed by atoms with Crippen molar-refractivity contribution in [1.82, 2.24) is 0 Å². The second kappa shape index (κ2) is 8.89. The third kappa shape index (κ3) is 5.82. The van der Waals surface area contributed by atoms with Crippen molar-refractivity contribution in [3.63, 3.8) is 0 Å². The zero-order chi connectivity index (χ0) is 20.9. The molecule has 2 aromatic carbocycles. The minimum Gasteiger partial charge on any atom is -0.326 e. The molecule has 0 bridgehead atoms. The van der Waals surface area contributed by atoms with E-state index >= 15 is 0 Å². The standard InChI is InChI=1S/C21H24ClN3O3/c1-5-18(26)23-15-9-10-16(22)17(12-15)25-19(27)13-7-6-8-14(11-13)24-20(28)21(2,3)4/h6-12H,5H2,1-4H3,(H,23,26)(H,24,28)(H,25,27). The van der Waals surface area contributed by atoms with E-state index in [9.17, 15) is 14.4 Å². The number of benzene rings is 2. The largest absolute Gasteiger partial charge is 0.326 e. The molecule has 0 unspecified atom stereocenters. The number of rotatable bonds is 5. The fraction of sp³-hybridized carbons (Fsp3) is 0.286. The number of anilines is 3. The topological polar surface area (TPSA) is 87.3 Å². The van der Waals surface area contributed by atoms with E-state index in [1.54, 1.807) is 49.4 Å².